The molecule has 0 unspecified atom stereocenters. The highest BCUT2D eigenvalue weighted by Gasteiger charge is 2.09. The van der Waals surface area contributed by atoms with E-state index in [9.17, 15) is 0 Å². The molecule has 2 rings (SSSR count). The zero-order chi connectivity index (χ0) is 14.0. The van der Waals surface area contributed by atoms with E-state index in [0.29, 0.717) is 21.9 Å². The minimum Gasteiger partial charge on any atom is -0.438 e. The van der Waals surface area contributed by atoms with Crippen molar-refractivity contribution in [2.45, 2.75) is 20.8 Å². The number of halogens is 1. The summed E-state index contributed by atoms with van der Waals surface area (Å²) in [7, 11) is 0. The van der Waals surface area contributed by atoms with Crippen molar-refractivity contribution in [1.82, 2.24) is 9.97 Å². The second-order valence-corrected chi connectivity index (χ2v) is 5.04. The van der Waals surface area contributed by atoms with Crippen LogP contribution >= 0.6 is 15.9 Å². The first-order valence-electron chi connectivity index (χ1n) is 5.70. The van der Waals surface area contributed by atoms with Crippen LogP contribution in [0.3, 0.4) is 0 Å². The molecule has 0 N–H and O–H groups in total. The summed E-state index contributed by atoms with van der Waals surface area (Å²) in [5.41, 5.74) is 2.44. The fourth-order valence-corrected chi connectivity index (χ4v) is 2.29. The van der Waals surface area contributed by atoms with Crippen molar-refractivity contribution < 1.29 is 4.74 Å². The maximum absolute atomic E-state index is 8.92. The van der Waals surface area contributed by atoms with Crippen molar-refractivity contribution in [3.63, 3.8) is 0 Å². The van der Waals surface area contributed by atoms with Gasteiger partial charge in [-0.1, -0.05) is 0 Å². The predicted molar refractivity (Wildman–Crippen MR) is 75.2 cm³/mol. The number of nitrogens with zero attached hydrogens (tertiary/aromatic N) is 3. The molecule has 2 aromatic rings. The molecule has 19 heavy (non-hydrogen) atoms. The van der Waals surface area contributed by atoms with Crippen molar-refractivity contribution in [2.24, 2.45) is 0 Å². The molecule has 0 saturated carbocycles. The van der Waals surface area contributed by atoms with Crippen LogP contribution in [0.1, 0.15) is 22.5 Å². The molecule has 0 saturated heterocycles. The fraction of sp³-hybridized carbons (Fsp3) is 0.214. The molecule has 0 aliphatic rings. The highest BCUT2D eigenvalue weighted by molar-refractivity contribution is 9.10. The lowest BCUT2D eigenvalue weighted by Crippen LogP contribution is -1.97. The molecule has 0 spiro atoms. The monoisotopic (exact) mass is 317 g/mol. The Labute approximate surface area is 120 Å². The van der Waals surface area contributed by atoms with Crippen LogP contribution in [0.5, 0.6) is 11.6 Å². The predicted octanol–water partition coefficient (Wildman–Crippen LogP) is 3.83. The van der Waals surface area contributed by atoms with Gasteiger partial charge in [-0.25, -0.2) is 4.98 Å². The molecule has 0 fully saturated rings. The average Bonchev–Trinajstić information content (AvgIpc) is 2.32. The van der Waals surface area contributed by atoms with Crippen molar-refractivity contribution in [2.75, 3.05) is 0 Å². The van der Waals surface area contributed by atoms with Gasteiger partial charge in [0, 0.05) is 6.07 Å². The van der Waals surface area contributed by atoms with E-state index in [1.807, 2.05) is 13.8 Å². The third-order valence-electron chi connectivity index (χ3n) is 2.58. The van der Waals surface area contributed by atoms with Crippen LogP contribution in [-0.2, 0) is 0 Å². The first kappa shape index (κ1) is 13.5. The van der Waals surface area contributed by atoms with Crippen LogP contribution in [-0.4, -0.2) is 9.97 Å². The molecule has 0 atom stereocenters. The van der Waals surface area contributed by atoms with Gasteiger partial charge in [0.15, 0.2) is 0 Å². The van der Waals surface area contributed by atoms with Gasteiger partial charge in [-0.3, -0.25) is 0 Å². The van der Waals surface area contributed by atoms with Crippen molar-refractivity contribution >= 4 is 15.9 Å². The molecule has 1 aromatic heterocycles. The largest absolute Gasteiger partial charge is 0.438 e. The Hall–Kier alpha value is -1.93. The molecule has 1 heterocycles. The van der Waals surface area contributed by atoms with Gasteiger partial charge in [0.25, 0.3) is 0 Å². The first-order valence-corrected chi connectivity index (χ1v) is 6.49. The standard InChI is InChI=1S/C14H12BrN3O/c1-8-4-11(7-16)5-9(2)14(8)19-13-6-12(15)17-10(3)18-13/h4-6H,1-3H3. The van der Waals surface area contributed by atoms with E-state index in [-0.39, 0.29) is 0 Å². The Bertz CT molecular complexity index is 634. The molecular formula is C14H12BrN3O. The maximum Gasteiger partial charge on any atom is 0.223 e. The molecule has 1 aromatic carbocycles. The molecule has 0 bridgehead atoms. The van der Waals surface area contributed by atoms with Crippen molar-refractivity contribution in [3.8, 4) is 17.7 Å². The summed E-state index contributed by atoms with van der Waals surface area (Å²) >= 11 is 3.31. The highest BCUT2D eigenvalue weighted by atomic mass is 79.9. The lowest BCUT2D eigenvalue weighted by Gasteiger charge is -2.11. The molecule has 0 aliphatic carbocycles. The van der Waals surface area contributed by atoms with Gasteiger partial charge in [0.2, 0.25) is 5.88 Å². The Balaban J connectivity index is 2.41. The normalized spacial score (nSPS) is 10.1. The third kappa shape index (κ3) is 3.09. The summed E-state index contributed by atoms with van der Waals surface area (Å²) in [6, 6.07) is 7.44. The van der Waals surface area contributed by atoms with Gasteiger partial charge in [0.1, 0.15) is 16.2 Å². The summed E-state index contributed by atoms with van der Waals surface area (Å²) in [4.78, 5) is 8.36. The first-order chi connectivity index (χ1) is 8.99. The number of hydrogen-bond acceptors (Lipinski definition) is 4. The molecule has 96 valence electrons. The number of aryl methyl sites for hydroxylation is 3. The quantitative estimate of drug-likeness (QED) is 0.790. The number of hydrogen-bond donors (Lipinski definition) is 0. The fourth-order valence-electron chi connectivity index (χ4n) is 1.84. The van der Waals surface area contributed by atoms with Crippen molar-refractivity contribution in [1.29, 1.82) is 5.26 Å². The van der Waals surface area contributed by atoms with Gasteiger partial charge in [-0.15, -0.1) is 0 Å². The molecule has 0 aliphatic heterocycles. The van der Waals surface area contributed by atoms with Gasteiger partial charge in [-0.2, -0.15) is 10.2 Å². The lowest BCUT2D eigenvalue weighted by atomic mass is 10.1. The summed E-state index contributed by atoms with van der Waals surface area (Å²) < 4.78 is 6.49. The van der Waals surface area contributed by atoms with E-state index < -0.39 is 0 Å². The minimum absolute atomic E-state index is 0.482. The van der Waals surface area contributed by atoms with E-state index in [1.54, 1.807) is 25.1 Å². The van der Waals surface area contributed by atoms with E-state index in [1.165, 1.54) is 0 Å². The highest BCUT2D eigenvalue weighted by Crippen LogP contribution is 2.29. The lowest BCUT2D eigenvalue weighted by molar-refractivity contribution is 0.452. The molecule has 0 amide bonds. The smallest absolute Gasteiger partial charge is 0.223 e. The van der Waals surface area contributed by atoms with Gasteiger partial charge in [-0.05, 0) is 60.0 Å². The number of nitriles is 1. The summed E-state index contributed by atoms with van der Waals surface area (Å²) in [6.07, 6.45) is 0. The van der Waals surface area contributed by atoms with Crippen LogP contribution in [0, 0.1) is 32.1 Å². The summed E-state index contributed by atoms with van der Waals surface area (Å²) in [5, 5.41) is 8.92. The van der Waals surface area contributed by atoms with Crippen LogP contribution < -0.4 is 4.74 Å². The van der Waals surface area contributed by atoms with E-state index in [4.69, 9.17) is 10.00 Å². The molecule has 4 nitrogen and oxygen atoms in total. The minimum atomic E-state index is 0.482. The Morgan fingerprint density at radius 1 is 1.11 bits per heavy atom. The van der Waals surface area contributed by atoms with E-state index in [0.717, 1.165) is 16.9 Å². The maximum atomic E-state index is 8.92. The van der Waals surface area contributed by atoms with Gasteiger partial charge >= 0.3 is 0 Å². The summed E-state index contributed by atoms with van der Waals surface area (Å²) in [5.74, 6) is 1.84. The Kier molecular flexibility index (Phi) is 3.82. The second kappa shape index (κ2) is 5.37. The van der Waals surface area contributed by atoms with Crippen molar-refractivity contribution in [3.05, 3.63) is 45.3 Å². The Morgan fingerprint density at radius 2 is 1.74 bits per heavy atom. The average molecular weight is 318 g/mol. The van der Waals surface area contributed by atoms with E-state index >= 15 is 0 Å². The molecule has 5 heteroatoms. The zero-order valence-electron chi connectivity index (χ0n) is 10.9. The van der Waals surface area contributed by atoms with Crippen LogP contribution in [0.25, 0.3) is 0 Å². The van der Waals surface area contributed by atoms with Crippen LogP contribution in [0.4, 0.5) is 0 Å². The van der Waals surface area contributed by atoms with Gasteiger partial charge < -0.3 is 4.74 Å². The Morgan fingerprint density at radius 3 is 2.26 bits per heavy atom. The molecule has 0 radical (unpaired) electrons. The number of benzene rings is 1. The van der Waals surface area contributed by atoms with Crippen LogP contribution in [0.15, 0.2) is 22.8 Å². The number of rotatable bonds is 2. The van der Waals surface area contributed by atoms with E-state index in [2.05, 4.69) is 32.0 Å². The second-order valence-electron chi connectivity index (χ2n) is 4.23. The number of aromatic nitrogens is 2. The topological polar surface area (TPSA) is 58.8 Å². The molecular weight excluding hydrogens is 306 g/mol. The van der Waals surface area contributed by atoms with Crippen LogP contribution in [0.2, 0.25) is 0 Å². The summed E-state index contributed by atoms with van der Waals surface area (Å²) in [6.45, 7) is 5.62. The SMILES string of the molecule is Cc1nc(Br)cc(Oc2c(C)cc(C#N)cc2C)n1. The number of ether oxygens (including phenoxy) is 1. The van der Waals surface area contributed by atoms with Gasteiger partial charge in [0.05, 0.1) is 11.6 Å². The third-order valence-corrected chi connectivity index (χ3v) is 2.99. The zero-order valence-corrected chi connectivity index (χ0v) is 12.4.